The van der Waals surface area contributed by atoms with Crippen LogP contribution in [-0.4, -0.2) is 4.98 Å². The molecule has 0 saturated heterocycles. The molecule has 3 rings (SSSR count). The summed E-state index contributed by atoms with van der Waals surface area (Å²) in [5, 5.41) is 2.88. The zero-order valence-corrected chi connectivity index (χ0v) is 13.9. The first-order valence-electron chi connectivity index (χ1n) is 7.16. The Kier molecular flexibility index (Phi) is 4.76. The minimum atomic E-state index is 0.766. The van der Waals surface area contributed by atoms with Gasteiger partial charge < -0.3 is 4.90 Å². The predicted octanol–water partition coefficient (Wildman–Crippen LogP) is 5.31. The summed E-state index contributed by atoms with van der Waals surface area (Å²) in [7, 11) is 0. The predicted molar refractivity (Wildman–Crippen MR) is 94.6 cm³/mol. The van der Waals surface area contributed by atoms with Gasteiger partial charge in [-0.05, 0) is 47.7 Å². The van der Waals surface area contributed by atoms with Crippen LogP contribution in [0, 0.1) is 6.92 Å². The van der Waals surface area contributed by atoms with Crippen molar-refractivity contribution < 1.29 is 0 Å². The summed E-state index contributed by atoms with van der Waals surface area (Å²) in [6, 6.07) is 16.3. The molecule has 2 aromatic heterocycles. The molecule has 112 valence electrons. The van der Waals surface area contributed by atoms with E-state index in [1.165, 1.54) is 16.0 Å². The van der Waals surface area contributed by atoms with Crippen molar-refractivity contribution in [1.82, 2.24) is 4.98 Å². The van der Waals surface area contributed by atoms with E-state index in [-0.39, 0.29) is 0 Å². The van der Waals surface area contributed by atoms with Gasteiger partial charge in [-0.1, -0.05) is 35.9 Å². The van der Waals surface area contributed by atoms with Gasteiger partial charge in [0.1, 0.15) is 5.82 Å². The van der Waals surface area contributed by atoms with Gasteiger partial charge in [0.25, 0.3) is 0 Å². The first-order valence-corrected chi connectivity index (χ1v) is 8.41. The number of rotatable bonds is 5. The van der Waals surface area contributed by atoms with Gasteiger partial charge in [-0.15, -0.1) is 11.3 Å². The van der Waals surface area contributed by atoms with Crippen LogP contribution in [0.15, 0.2) is 60.1 Å². The number of hydrogen-bond acceptors (Lipinski definition) is 3. The van der Waals surface area contributed by atoms with E-state index >= 15 is 0 Å². The highest BCUT2D eigenvalue weighted by Crippen LogP contribution is 2.23. The molecule has 0 N–H and O–H groups in total. The van der Waals surface area contributed by atoms with Crippen molar-refractivity contribution in [2.45, 2.75) is 20.0 Å². The highest BCUT2D eigenvalue weighted by atomic mass is 35.5. The van der Waals surface area contributed by atoms with Crippen LogP contribution in [-0.2, 0) is 13.1 Å². The Morgan fingerprint density at radius 3 is 2.55 bits per heavy atom. The Bertz CT molecular complexity index is 723. The van der Waals surface area contributed by atoms with Crippen LogP contribution in [0.3, 0.4) is 0 Å². The molecule has 0 spiro atoms. The molecule has 3 aromatic rings. The third kappa shape index (κ3) is 3.67. The Balaban J connectivity index is 1.88. The number of thiophene rings is 1. The Morgan fingerprint density at radius 2 is 1.86 bits per heavy atom. The van der Waals surface area contributed by atoms with Gasteiger partial charge in [0.15, 0.2) is 0 Å². The fraction of sp³-hybridized carbons (Fsp3) is 0.167. The minimum Gasteiger partial charge on any atom is -0.347 e. The molecule has 0 aliphatic heterocycles. The molecule has 0 fully saturated rings. The molecule has 22 heavy (non-hydrogen) atoms. The molecule has 0 amide bonds. The maximum atomic E-state index is 5.98. The second kappa shape index (κ2) is 6.95. The first-order chi connectivity index (χ1) is 10.7. The summed E-state index contributed by atoms with van der Waals surface area (Å²) in [6.45, 7) is 3.77. The maximum Gasteiger partial charge on any atom is 0.132 e. The van der Waals surface area contributed by atoms with Gasteiger partial charge in [-0.2, -0.15) is 0 Å². The number of benzene rings is 1. The highest BCUT2D eigenvalue weighted by Gasteiger charge is 2.12. The zero-order valence-electron chi connectivity index (χ0n) is 12.4. The van der Waals surface area contributed by atoms with E-state index in [9.17, 15) is 0 Å². The quantitative estimate of drug-likeness (QED) is 0.630. The number of aromatic nitrogens is 1. The summed E-state index contributed by atoms with van der Waals surface area (Å²) in [4.78, 5) is 8.22. The smallest absolute Gasteiger partial charge is 0.132 e. The van der Waals surface area contributed by atoms with Crippen LogP contribution in [0.4, 0.5) is 5.82 Å². The normalized spacial score (nSPS) is 10.6. The molecule has 0 saturated carbocycles. The van der Waals surface area contributed by atoms with Gasteiger partial charge in [-0.25, -0.2) is 4.98 Å². The van der Waals surface area contributed by atoms with Crippen LogP contribution >= 0.6 is 22.9 Å². The van der Waals surface area contributed by atoms with Gasteiger partial charge in [0, 0.05) is 22.6 Å². The molecule has 0 aliphatic carbocycles. The zero-order chi connectivity index (χ0) is 15.4. The molecule has 0 bridgehead atoms. The number of aryl methyl sites for hydroxylation is 1. The fourth-order valence-corrected chi connectivity index (χ4v) is 3.26. The maximum absolute atomic E-state index is 5.98. The van der Waals surface area contributed by atoms with E-state index in [4.69, 9.17) is 11.6 Å². The van der Waals surface area contributed by atoms with E-state index in [0.29, 0.717) is 0 Å². The van der Waals surface area contributed by atoms with E-state index < -0.39 is 0 Å². The Labute approximate surface area is 140 Å². The molecule has 2 heterocycles. The molecular weight excluding hydrogens is 312 g/mol. The average molecular weight is 329 g/mol. The second-order valence-electron chi connectivity index (χ2n) is 5.21. The SMILES string of the molecule is Cc1cccnc1N(Cc1ccc(Cl)cc1)Cc1cccs1. The number of nitrogens with zero attached hydrogens (tertiary/aromatic N) is 2. The van der Waals surface area contributed by atoms with Gasteiger partial charge in [0.2, 0.25) is 0 Å². The lowest BCUT2D eigenvalue weighted by molar-refractivity contribution is 0.787. The largest absolute Gasteiger partial charge is 0.347 e. The van der Waals surface area contributed by atoms with Crippen molar-refractivity contribution in [2.24, 2.45) is 0 Å². The Hall–Kier alpha value is -1.84. The highest BCUT2D eigenvalue weighted by molar-refractivity contribution is 7.09. The standard InChI is InChI=1S/C18H17ClN2S/c1-14-4-2-10-20-18(14)21(13-17-5-3-11-22-17)12-15-6-8-16(19)9-7-15/h2-11H,12-13H2,1H3. The van der Waals surface area contributed by atoms with Crippen LogP contribution < -0.4 is 4.90 Å². The molecular formula is C18H17ClN2S. The van der Waals surface area contributed by atoms with Crippen LogP contribution in [0.1, 0.15) is 16.0 Å². The lowest BCUT2D eigenvalue weighted by Gasteiger charge is -2.25. The number of pyridine rings is 1. The number of hydrogen-bond donors (Lipinski definition) is 0. The van der Waals surface area contributed by atoms with E-state index in [1.54, 1.807) is 11.3 Å². The van der Waals surface area contributed by atoms with Crippen molar-refractivity contribution >= 4 is 28.8 Å². The fourth-order valence-electron chi connectivity index (χ4n) is 2.41. The third-order valence-electron chi connectivity index (χ3n) is 3.49. The summed E-state index contributed by atoms with van der Waals surface area (Å²) >= 11 is 7.76. The molecule has 4 heteroatoms. The van der Waals surface area contributed by atoms with Crippen molar-refractivity contribution in [3.05, 3.63) is 81.1 Å². The van der Waals surface area contributed by atoms with Crippen LogP contribution in [0.25, 0.3) is 0 Å². The number of halogens is 1. The summed E-state index contributed by atoms with van der Waals surface area (Å²) in [5.41, 5.74) is 2.42. The van der Waals surface area contributed by atoms with Gasteiger partial charge in [0.05, 0.1) is 6.54 Å². The number of anilines is 1. The lowest BCUT2D eigenvalue weighted by Crippen LogP contribution is -2.23. The second-order valence-corrected chi connectivity index (χ2v) is 6.67. The topological polar surface area (TPSA) is 16.1 Å². The van der Waals surface area contributed by atoms with Crippen LogP contribution in [0.5, 0.6) is 0 Å². The van der Waals surface area contributed by atoms with Crippen molar-refractivity contribution in [3.8, 4) is 0 Å². The summed E-state index contributed by atoms with van der Waals surface area (Å²) in [5.74, 6) is 1.03. The minimum absolute atomic E-state index is 0.766. The first kappa shape index (κ1) is 15.1. The molecule has 2 nitrogen and oxygen atoms in total. The molecule has 0 atom stereocenters. The van der Waals surface area contributed by atoms with Crippen molar-refractivity contribution in [1.29, 1.82) is 0 Å². The molecule has 0 radical (unpaired) electrons. The molecule has 0 unspecified atom stereocenters. The molecule has 1 aromatic carbocycles. The molecule has 0 aliphatic rings. The van der Waals surface area contributed by atoms with E-state index in [0.717, 1.165) is 23.9 Å². The average Bonchev–Trinajstić information content (AvgIpc) is 3.02. The third-order valence-corrected chi connectivity index (χ3v) is 4.61. The van der Waals surface area contributed by atoms with Gasteiger partial charge >= 0.3 is 0 Å². The summed E-state index contributed by atoms with van der Waals surface area (Å²) in [6.07, 6.45) is 1.85. The van der Waals surface area contributed by atoms with Gasteiger partial charge in [-0.3, -0.25) is 0 Å². The summed E-state index contributed by atoms with van der Waals surface area (Å²) < 4.78 is 0. The van der Waals surface area contributed by atoms with E-state index in [2.05, 4.69) is 52.5 Å². The lowest BCUT2D eigenvalue weighted by atomic mass is 10.2. The van der Waals surface area contributed by atoms with Crippen LogP contribution in [0.2, 0.25) is 5.02 Å². The van der Waals surface area contributed by atoms with Crippen molar-refractivity contribution in [3.63, 3.8) is 0 Å². The van der Waals surface area contributed by atoms with Crippen molar-refractivity contribution in [2.75, 3.05) is 4.90 Å². The monoisotopic (exact) mass is 328 g/mol. The van der Waals surface area contributed by atoms with E-state index in [1.807, 2.05) is 24.4 Å². The Morgan fingerprint density at radius 1 is 1.05 bits per heavy atom.